The average Bonchev–Trinajstić information content (AvgIpc) is 2.73. The first-order chi connectivity index (χ1) is 14.4. The Labute approximate surface area is 173 Å². The van der Waals surface area contributed by atoms with Crippen LogP contribution in [0.25, 0.3) is 11.1 Å². The van der Waals surface area contributed by atoms with Gasteiger partial charge in [0.15, 0.2) is 5.82 Å². The average molecular weight is 409 g/mol. The molecule has 0 saturated carbocycles. The van der Waals surface area contributed by atoms with Crippen LogP contribution in [0.3, 0.4) is 0 Å². The molecule has 3 aromatic rings. The summed E-state index contributed by atoms with van der Waals surface area (Å²) in [7, 11) is 3.86. The molecule has 0 heterocycles. The lowest BCUT2D eigenvalue weighted by molar-refractivity contribution is 0.0526. The number of azo groups is 1. The van der Waals surface area contributed by atoms with E-state index in [2.05, 4.69) is 10.2 Å². The molecule has 0 atom stereocenters. The van der Waals surface area contributed by atoms with Crippen molar-refractivity contribution in [1.82, 2.24) is 0 Å². The Balaban J connectivity index is 1.80. The smallest absolute Gasteiger partial charge is 0.338 e. The highest BCUT2D eigenvalue weighted by Gasteiger charge is 2.13. The van der Waals surface area contributed by atoms with Crippen molar-refractivity contribution in [3.8, 4) is 11.1 Å². The van der Waals surface area contributed by atoms with Gasteiger partial charge in [-0.05, 0) is 61.0 Å². The zero-order valence-electron chi connectivity index (χ0n) is 16.9. The van der Waals surface area contributed by atoms with Crippen LogP contribution in [0, 0.1) is 11.6 Å². The first-order valence-electron chi connectivity index (χ1n) is 9.34. The molecule has 0 saturated heterocycles. The number of ether oxygens (including phenoxy) is 1. The van der Waals surface area contributed by atoms with E-state index in [4.69, 9.17) is 4.74 Å². The van der Waals surface area contributed by atoms with Crippen LogP contribution in [-0.2, 0) is 4.74 Å². The fraction of sp³-hybridized carbons (Fsp3) is 0.174. The van der Waals surface area contributed by atoms with Crippen molar-refractivity contribution in [2.24, 2.45) is 10.2 Å². The van der Waals surface area contributed by atoms with Crippen molar-refractivity contribution in [1.29, 1.82) is 0 Å². The van der Waals surface area contributed by atoms with E-state index in [1.807, 2.05) is 31.1 Å². The second-order valence-electron chi connectivity index (χ2n) is 6.69. The lowest BCUT2D eigenvalue weighted by atomic mass is 10.0. The van der Waals surface area contributed by atoms with Crippen LogP contribution in [0.4, 0.5) is 25.8 Å². The third-order valence-electron chi connectivity index (χ3n) is 4.38. The largest absolute Gasteiger partial charge is 0.462 e. The summed E-state index contributed by atoms with van der Waals surface area (Å²) in [6.45, 7) is 1.87. The van der Waals surface area contributed by atoms with E-state index in [9.17, 15) is 13.6 Å². The summed E-state index contributed by atoms with van der Waals surface area (Å²) in [6.07, 6.45) is 0. The quantitative estimate of drug-likeness (QED) is 0.355. The van der Waals surface area contributed by atoms with Gasteiger partial charge in [0.2, 0.25) is 0 Å². The van der Waals surface area contributed by atoms with Crippen LogP contribution in [0.2, 0.25) is 0 Å². The number of halogens is 2. The Morgan fingerprint density at radius 1 is 0.933 bits per heavy atom. The highest BCUT2D eigenvalue weighted by atomic mass is 19.1. The number of benzene rings is 3. The number of nitrogens with zero attached hydrogens (tertiary/aromatic N) is 3. The first-order valence-corrected chi connectivity index (χ1v) is 9.34. The molecular formula is C23H21F2N3O2. The second kappa shape index (κ2) is 9.26. The van der Waals surface area contributed by atoms with Crippen LogP contribution in [0.15, 0.2) is 70.9 Å². The van der Waals surface area contributed by atoms with Gasteiger partial charge in [0.05, 0.1) is 17.9 Å². The van der Waals surface area contributed by atoms with E-state index < -0.39 is 17.6 Å². The molecule has 7 heteroatoms. The SMILES string of the molecule is CCOC(=O)c1ccc(-c2ccc(/N=N/c3ccc(N(C)C)cc3)c(F)c2)c(F)c1. The molecule has 30 heavy (non-hydrogen) atoms. The maximum atomic E-state index is 14.5. The van der Waals surface area contributed by atoms with Crippen molar-refractivity contribution in [2.75, 3.05) is 25.6 Å². The number of rotatable bonds is 6. The highest BCUT2D eigenvalue weighted by molar-refractivity contribution is 5.90. The van der Waals surface area contributed by atoms with Gasteiger partial charge in [-0.2, -0.15) is 5.11 Å². The van der Waals surface area contributed by atoms with Crippen LogP contribution < -0.4 is 4.90 Å². The fourth-order valence-electron chi connectivity index (χ4n) is 2.78. The number of anilines is 1. The molecule has 0 aliphatic rings. The van der Waals surface area contributed by atoms with Gasteiger partial charge in [-0.15, -0.1) is 5.11 Å². The lowest BCUT2D eigenvalue weighted by Gasteiger charge is -2.11. The van der Waals surface area contributed by atoms with Gasteiger partial charge in [-0.1, -0.05) is 12.1 Å². The summed E-state index contributed by atoms with van der Waals surface area (Å²) in [5, 5.41) is 7.99. The van der Waals surface area contributed by atoms with Crippen molar-refractivity contribution < 1.29 is 18.3 Å². The first kappa shape index (κ1) is 21.1. The van der Waals surface area contributed by atoms with Crippen molar-refractivity contribution >= 4 is 23.0 Å². The Morgan fingerprint density at radius 2 is 1.67 bits per heavy atom. The van der Waals surface area contributed by atoms with Crippen LogP contribution in [0.5, 0.6) is 0 Å². The molecule has 0 aliphatic heterocycles. The molecule has 0 fully saturated rings. The highest BCUT2D eigenvalue weighted by Crippen LogP contribution is 2.29. The molecule has 0 aromatic heterocycles. The van der Waals surface area contributed by atoms with Gasteiger partial charge >= 0.3 is 5.97 Å². The van der Waals surface area contributed by atoms with Crippen LogP contribution in [-0.4, -0.2) is 26.7 Å². The molecule has 0 spiro atoms. The normalized spacial score (nSPS) is 11.0. The molecule has 0 unspecified atom stereocenters. The number of hydrogen-bond acceptors (Lipinski definition) is 5. The summed E-state index contributed by atoms with van der Waals surface area (Å²) in [4.78, 5) is 13.7. The van der Waals surface area contributed by atoms with E-state index in [1.54, 1.807) is 25.1 Å². The zero-order chi connectivity index (χ0) is 21.7. The minimum Gasteiger partial charge on any atom is -0.462 e. The standard InChI is InChI=1S/C23H21F2N3O2/c1-4-30-23(29)16-5-11-19(20(24)14-16)15-6-12-22(21(25)13-15)27-26-17-7-9-18(10-8-17)28(2)3/h5-14H,4H2,1-3H3/b27-26+. The van der Waals surface area contributed by atoms with Gasteiger partial charge < -0.3 is 9.64 Å². The van der Waals surface area contributed by atoms with Gasteiger partial charge in [0.25, 0.3) is 0 Å². The number of esters is 1. The predicted octanol–water partition coefficient (Wildman–Crippen LogP) is 6.29. The topological polar surface area (TPSA) is 54.3 Å². The predicted molar refractivity (Wildman–Crippen MR) is 113 cm³/mol. The number of carbonyl (C=O) groups is 1. The Hall–Kier alpha value is -3.61. The summed E-state index contributed by atoms with van der Waals surface area (Å²) >= 11 is 0. The number of carbonyl (C=O) groups excluding carboxylic acids is 1. The van der Waals surface area contributed by atoms with Crippen molar-refractivity contribution in [3.05, 3.63) is 77.9 Å². The van der Waals surface area contributed by atoms with Crippen LogP contribution >= 0.6 is 0 Å². The third kappa shape index (κ3) is 4.86. The molecule has 0 N–H and O–H groups in total. The monoisotopic (exact) mass is 409 g/mol. The zero-order valence-corrected chi connectivity index (χ0v) is 16.9. The van der Waals surface area contributed by atoms with Gasteiger partial charge in [-0.3, -0.25) is 0 Å². The Kier molecular flexibility index (Phi) is 6.51. The second-order valence-corrected chi connectivity index (χ2v) is 6.69. The minimum atomic E-state index is -0.643. The Bertz CT molecular complexity index is 1080. The lowest BCUT2D eigenvalue weighted by Crippen LogP contribution is -2.07. The van der Waals surface area contributed by atoms with E-state index in [-0.39, 0.29) is 23.4 Å². The summed E-state index contributed by atoms with van der Waals surface area (Å²) in [6, 6.07) is 15.5. The summed E-state index contributed by atoms with van der Waals surface area (Å²) in [5.74, 6) is -1.88. The number of hydrogen-bond donors (Lipinski definition) is 0. The maximum Gasteiger partial charge on any atom is 0.338 e. The van der Waals surface area contributed by atoms with Gasteiger partial charge in [-0.25, -0.2) is 13.6 Å². The Morgan fingerprint density at radius 3 is 2.27 bits per heavy atom. The molecule has 5 nitrogen and oxygen atoms in total. The molecule has 154 valence electrons. The van der Waals surface area contributed by atoms with E-state index in [0.29, 0.717) is 11.3 Å². The molecule has 0 aliphatic carbocycles. The molecule has 3 rings (SSSR count). The van der Waals surface area contributed by atoms with Gasteiger partial charge in [0, 0.05) is 25.3 Å². The van der Waals surface area contributed by atoms with E-state index in [1.165, 1.54) is 24.3 Å². The van der Waals surface area contributed by atoms with Crippen molar-refractivity contribution in [3.63, 3.8) is 0 Å². The molecular weight excluding hydrogens is 388 g/mol. The fourth-order valence-corrected chi connectivity index (χ4v) is 2.78. The summed E-state index contributed by atoms with van der Waals surface area (Å²) in [5.41, 5.74) is 2.24. The van der Waals surface area contributed by atoms with Gasteiger partial charge in [0.1, 0.15) is 11.5 Å². The minimum absolute atomic E-state index is 0.0407. The molecule has 0 amide bonds. The van der Waals surface area contributed by atoms with Crippen molar-refractivity contribution in [2.45, 2.75) is 6.92 Å². The third-order valence-corrected chi connectivity index (χ3v) is 4.38. The molecule has 0 bridgehead atoms. The molecule has 3 aromatic carbocycles. The van der Waals surface area contributed by atoms with Crippen LogP contribution in [0.1, 0.15) is 17.3 Å². The van der Waals surface area contributed by atoms with E-state index in [0.717, 1.165) is 11.8 Å². The molecule has 0 radical (unpaired) electrons. The summed E-state index contributed by atoms with van der Waals surface area (Å²) < 4.78 is 33.8. The maximum absolute atomic E-state index is 14.5. The van der Waals surface area contributed by atoms with E-state index >= 15 is 0 Å².